The van der Waals surface area contributed by atoms with Gasteiger partial charge in [-0.15, -0.1) is 0 Å². The van der Waals surface area contributed by atoms with Gasteiger partial charge in [0.25, 0.3) is 0 Å². The Hall–Kier alpha value is -2.82. The molecule has 1 unspecified atom stereocenters. The molecule has 0 bridgehead atoms. The third kappa shape index (κ3) is 4.35. The average molecular weight is 397 g/mol. The molecule has 1 atom stereocenters. The molecule has 0 spiro atoms. The van der Waals surface area contributed by atoms with Crippen molar-refractivity contribution in [3.63, 3.8) is 0 Å². The molecule has 0 heterocycles. The van der Waals surface area contributed by atoms with Crippen molar-refractivity contribution in [2.45, 2.75) is 18.4 Å². The van der Waals surface area contributed by atoms with Gasteiger partial charge in [-0.05, 0) is 35.7 Å². The Kier molecular flexibility index (Phi) is 6.34. The molecule has 0 saturated heterocycles. The highest BCUT2D eigenvalue weighted by Crippen LogP contribution is 2.40. The Bertz CT molecular complexity index is 925. The van der Waals surface area contributed by atoms with Crippen LogP contribution in [0.3, 0.4) is 0 Å². The first-order valence-corrected chi connectivity index (χ1v) is 9.37. The highest BCUT2D eigenvalue weighted by Gasteiger charge is 2.35. The number of benzene rings is 3. The number of carbonyl (C=O) groups is 1. The van der Waals surface area contributed by atoms with Crippen molar-refractivity contribution in [3.05, 3.63) is 101 Å². The summed E-state index contributed by atoms with van der Waals surface area (Å²) < 4.78 is 5.59. The van der Waals surface area contributed by atoms with Gasteiger partial charge in [0, 0.05) is 17.0 Å². The second kappa shape index (κ2) is 8.91. The van der Waals surface area contributed by atoms with Crippen LogP contribution in [0.25, 0.3) is 0 Å². The Labute approximate surface area is 169 Å². The minimum Gasteiger partial charge on any atom is -0.494 e. The van der Waals surface area contributed by atoms with Crippen LogP contribution in [0.4, 0.5) is 0 Å². The van der Waals surface area contributed by atoms with Crippen LogP contribution >= 0.6 is 11.6 Å². The second-order valence-electron chi connectivity index (χ2n) is 6.43. The fourth-order valence-corrected chi connectivity index (χ4v) is 3.39. The van der Waals surface area contributed by atoms with Crippen molar-refractivity contribution in [2.75, 3.05) is 6.61 Å². The molecule has 144 valence electrons. The number of hydrogen-bond donors (Lipinski definition) is 2. The number of hydrogen-bond acceptors (Lipinski definition) is 3. The van der Waals surface area contributed by atoms with Crippen molar-refractivity contribution in [1.82, 2.24) is 0 Å². The van der Waals surface area contributed by atoms with E-state index in [1.807, 2.05) is 48.5 Å². The smallest absolute Gasteiger partial charge is 0.303 e. The van der Waals surface area contributed by atoms with E-state index in [0.717, 1.165) is 0 Å². The van der Waals surface area contributed by atoms with Crippen LogP contribution in [0.1, 0.15) is 29.5 Å². The van der Waals surface area contributed by atoms with Gasteiger partial charge in [0.2, 0.25) is 0 Å². The number of aliphatic hydroxyl groups is 1. The lowest BCUT2D eigenvalue weighted by atomic mass is 9.80. The number of carboxylic acid groups (broad SMARTS) is 1. The standard InChI is InChI=1S/C23H21ClO4/c24-21-10-5-4-9-20(21)23(27,17-7-2-1-3-8-17)18-12-14-19(15-13-18)28-16-6-11-22(25)26/h1-5,7-10,12-15,27H,6,11,16H2,(H,25,26). The lowest BCUT2D eigenvalue weighted by Crippen LogP contribution is -2.29. The Morgan fingerprint density at radius 1 is 0.893 bits per heavy atom. The van der Waals surface area contributed by atoms with Crippen LogP contribution in [0.15, 0.2) is 78.9 Å². The summed E-state index contributed by atoms with van der Waals surface area (Å²) >= 11 is 6.42. The lowest BCUT2D eigenvalue weighted by molar-refractivity contribution is -0.137. The summed E-state index contributed by atoms with van der Waals surface area (Å²) in [5.74, 6) is -0.227. The van der Waals surface area contributed by atoms with E-state index < -0.39 is 11.6 Å². The summed E-state index contributed by atoms with van der Waals surface area (Å²) in [7, 11) is 0. The molecule has 5 heteroatoms. The zero-order chi connectivity index (χ0) is 20.0. The third-order valence-electron chi connectivity index (χ3n) is 4.53. The van der Waals surface area contributed by atoms with Crippen molar-refractivity contribution in [3.8, 4) is 5.75 Å². The van der Waals surface area contributed by atoms with E-state index in [-0.39, 0.29) is 6.42 Å². The molecular formula is C23H21ClO4. The summed E-state index contributed by atoms with van der Waals surface area (Å²) in [4.78, 5) is 10.6. The predicted octanol–water partition coefficient (Wildman–Crippen LogP) is 4.87. The molecule has 3 rings (SSSR count). The maximum Gasteiger partial charge on any atom is 0.303 e. The molecule has 28 heavy (non-hydrogen) atoms. The van der Waals surface area contributed by atoms with Crippen LogP contribution in [0.5, 0.6) is 5.75 Å². The zero-order valence-corrected chi connectivity index (χ0v) is 16.0. The van der Waals surface area contributed by atoms with E-state index in [1.54, 1.807) is 30.3 Å². The van der Waals surface area contributed by atoms with Gasteiger partial charge in [-0.25, -0.2) is 0 Å². The summed E-state index contributed by atoms with van der Waals surface area (Å²) in [6.45, 7) is 0.319. The highest BCUT2D eigenvalue weighted by atomic mass is 35.5. The van der Waals surface area contributed by atoms with E-state index in [0.29, 0.717) is 40.5 Å². The molecule has 3 aromatic rings. The predicted molar refractivity (Wildman–Crippen MR) is 109 cm³/mol. The minimum absolute atomic E-state index is 0.0678. The van der Waals surface area contributed by atoms with E-state index in [4.69, 9.17) is 21.4 Å². The summed E-state index contributed by atoms with van der Waals surface area (Å²) in [5.41, 5.74) is 0.544. The van der Waals surface area contributed by atoms with Gasteiger partial charge in [0.1, 0.15) is 11.4 Å². The number of halogens is 1. The molecule has 3 aromatic carbocycles. The third-order valence-corrected chi connectivity index (χ3v) is 4.86. The first-order chi connectivity index (χ1) is 13.5. The molecule has 0 saturated carbocycles. The maximum atomic E-state index is 11.8. The van der Waals surface area contributed by atoms with E-state index in [9.17, 15) is 9.90 Å². The first-order valence-electron chi connectivity index (χ1n) is 9.00. The van der Waals surface area contributed by atoms with Gasteiger partial charge >= 0.3 is 5.97 Å². The van der Waals surface area contributed by atoms with Crippen LogP contribution < -0.4 is 4.74 Å². The Morgan fingerprint density at radius 2 is 1.50 bits per heavy atom. The lowest BCUT2D eigenvalue weighted by Gasteiger charge is -2.31. The fourth-order valence-electron chi connectivity index (χ4n) is 3.12. The average Bonchev–Trinajstić information content (AvgIpc) is 2.72. The molecule has 0 fully saturated rings. The van der Waals surface area contributed by atoms with Crippen molar-refractivity contribution in [1.29, 1.82) is 0 Å². The molecule has 0 amide bonds. The quantitative estimate of drug-likeness (QED) is 0.421. The topological polar surface area (TPSA) is 66.8 Å². The summed E-state index contributed by atoms with van der Waals surface area (Å²) in [6.07, 6.45) is 0.503. The van der Waals surface area contributed by atoms with Crippen LogP contribution in [0, 0.1) is 0 Å². The largest absolute Gasteiger partial charge is 0.494 e. The van der Waals surface area contributed by atoms with Crippen molar-refractivity contribution < 1.29 is 19.7 Å². The van der Waals surface area contributed by atoms with Gasteiger partial charge in [-0.3, -0.25) is 4.79 Å². The van der Waals surface area contributed by atoms with Gasteiger partial charge in [0.05, 0.1) is 6.61 Å². The Balaban J connectivity index is 1.92. The normalized spacial score (nSPS) is 12.9. The fraction of sp³-hybridized carbons (Fsp3) is 0.174. The molecule has 0 radical (unpaired) electrons. The van der Waals surface area contributed by atoms with E-state index in [1.165, 1.54) is 0 Å². The molecule has 4 nitrogen and oxygen atoms in total. The van der Waals surface area contributed by atoms with E-state index in [2.05, 4.69) is 0 Å². The maximum absolute atomic E-state index is 11.8. The highest BCUT2D eigenvalue weighted by molar-refractivity contribution is 6.31. The monoisotopic (exact) mass is 396 g/mol. The molecular weight excluding hydrogens is 376 g/mol. The van der Waals surface area contributed by atoms with E-state index >= 15 is 0 Å². The molecule has 0 aliphatic rings. The van der Waals surface area contributed by atoms with Crippen LogP contribution in [-0.2, 0) is 10.4 Å². The van der Waals surface area contributed by atoms with Gasteiger partial charge < -0.3 is 14.9 Å². The summed E-state index contributed by atoms with van der Waals surface area (Å²) in [5, 5.41) is 20.9. The van der Waals surface area contributed by atoms with Crippen molar-refractivity contribution in [2.24, 2.45) is 0 Å². The van der Waals surface area contributed by atoms with Gasteiger partial charge in [-0.2, -0.15) is 0 Å². The van der Waals surface area contributed by atoms with Crippen LogP contribution in [0.2, 0.25) is 5.02 Å². The minimum atomic E-state index is -1.42. The molecule has 0 aliphatic heterocycles. The van der Waals surface area contributed by atoms with Crippen molar-refractivity contribution >= 4 is 17.6 Å². The Morgan fingerprint density at radius 3 is 2.14 bits per heavy atom. The number of ether oxygens (including phenoxy) is 1. The summed E-state index contributed by atoms with van der Waals surface area (Å²) in [6, 6.07) is 23.7. The first kappa shape index (κ1) is 19.9. The second-order valence-corrected chi connectivity index (χ2v) is 6.83. The number of carboxylic acids is 1. The van der Waals surface area contributed by atoms with Crippen LogP contribution in [-0.4, -0.2) is 22.8 Å². The number of rotatable bonds is 8. The van der Waals surface area contributed by atoms with Gasteiger partial charge in [-0.1, -0.05) is 72.3 Å². The van der Waals surface area contributed by atoms with Gasteiger partial charge in [0.15, 0.2) is 0 Å². The molecule has 0 aromatic heterocycles. The molecule has 2 N–H and O–H groups in total. The number of aliphatic carboxylic acids is 1. The SMILES string of the molecule is O=C(O)CCCOc1ccc(C(O)(c2ccccc2)c2ccccc2Cl)cc1. The zero-order valence-electron chi connectivity index (χ0n) is 15.2. The molecule has 0 aliphatic carbocycles.